The lowest BCUT2D eigenvalue weighted by Crippen LogP contribution is -2.54. The van der Waals surface area contributed by atoms with Gasteiger partial charge in [0.15, 0.2) is 0 Å². The number of carbonyl (C=O) groups excluding carboxylic acids is 1. The van der Waals surface area contributed by atoms with E-state index in [0.29, 0.717) is 0 Å². The van der Waals surface area contributed by atoms with Gasteiger partial charge in [0.1, 0.15) is 6.04 Å². The standard InChI is InChI=1S/C11H22N2O5S/c1-7(10(15)16)6-12-9(14)8(11(2,3)4)13-19(5,17)18/h7-8,13H,6H2,1-5H3,(H,12,14)(H,15,16). The summed E-state index contributed by atoms with van der Waals surface area (Å²) >= 11 is 0. The molecule has 0 aliphatic carbocycles. The lowest BCUT2D eigenvalue weighted by Gasteiger charge is -2.29. The van der Waals surface area contributed by atoms with Gasteiger partial charge in [0, 0.05) is 6.54 Å². The molecule has 0 aromatic heterocycles. The molecule has 1 amide bonds. The van der Waals surface area contributed by atoms with Crippen LogP contribution >= 0.6 is 0 Å². The fourth-order valence-corrected chi connectivity index (χ4v) is 2.17. The zero-order valence-electron chi connectivity index (χ0n) is 11.9. The smallest absolute Gasteiger partial charge is 0.308 e. The molecule has 19 heavy (non-hydrogen) atoms. The highest BCUT2D eigenvalue weighted by Crippen LogP contribution is 2.20. The van der Waals surface area contributed by atoms with E-state index < -0.39 is 39.3 Å². The largest absolute Gasteiger partial charge is 0.481 e. The Bertz CT molecular complexity index is 438. The molecule has 0 saturated carbocycles. The van der Waals surface area contributed by atoms with Gasteiger partial charge in [0.2, 0.25) is 15.9 Å². The SMILES string of the molecule is CC(CNC(=O)C(NS(C)(=O)=O)C(C)(C)C)C(=O)O. The number of carboxylic acids is 1. The number of carboxylic acid groups (broad SMARTS) is 1. The topological polar surface area (TPSA) is 113 Å². The molecule has 2 unspecified atom stereocenters. The van der Waals surface area contributed by atoms with Gasteiger partial charge in [-0.15, -0.1) is 0 Å². The van der Waals surface area contributed by atoms with E-state index in [2.05, 4.69) is 10.0 Å². The summed E-state index contributed by atoms with van der Waals surface area (Å²) in [6.45, 7) is 6.56. The van der Waals surface area contributed by atoms with Crippen molar-refractivity contribution in [2.75, 3.05) is 12.8 Å². The van der Waals surface area contributed by atoms with Crippen LogP contribution in [0.5, 0.6) is 0 Å². The molecule has 0 radical (unpaired) electrons. The van der Waals surface area contributed by atoms with Crippen LogP contribution in [-0.4, -0.2) is 44.2 Å². The maximum absolute atomic E-state index is 12.0. The zero-order chi connectivity index (χ0) is 15.4. The third-order valence-electron chi connectivity index (χ3n) is 2.46. The molecule has 0 bridgehead atoms. The predicted octanol–water partition coefficient (Wildman–Crippen LogP) is -0.213. The first-order valence-corrected chi connectivity index (χ1v) is 7.71. The number of sulfonamides is 1. The van der Waals surface area contributed by atoms with Gasteiger partial charge in [0.25, 0.3) is 0 Å². The van der Waals surface area contributed by atoms with Crippen LogP contribution in [0, 0.1) is 11.3 Å². The molecule has 0 fully saturated rings. The molecular weight excluding hydrogens is 272 g/mol. The van der Waals surface area contributed by atoms with Crippen LogP contribution in [-0.2, 0) is 19.6 Å². The van der Waals surface area contributed by atoms with Crippen LogP contribution in [0.3, 0.4) is 0 Å². The Kier molecular flexibility index (Phi) is 5.95. The maximum Gasteiger partial charge on any atom is 0.308 e. The quantitative estimate of drug-likeness (QED) is 0.627. The summed E-state index contributed by atoms with van der Waals surface area (Å²) in [7, 11) is -3.53. The van der Waals surface area contributed by atoms with Gasteiger partial charge in [-0.1, -0.05) is 27.7 Å². The first-order chi connectivity index (χ1) is 8.34. The second-order valence-corrected chi connectivity index (χ2v) is 7.45. The minimum absolute atomic E-state index is 0.0494. The number of amides is 1. The fourth-order valence-electron chi connectivity index (χ4n) is 1.28. The highest BCUT2D eigenvalue weighted by molar-refractivity contribution is 7.88. The van der Waals surface area contributed by atoms with Crippen molar-refractivity contribution in [3.05, 3.63) is 0 Å². The zero-order valence-corrected chi connectivity index (χ0v) is 12.7. The summed E-state index contributed by atoms with van der Waals surface area (Å²) in [4.78, 5) is 22.6. The van der Waals surface area contributed by atoms with Crippen molar-refractivity contribution < 1.29 is 23.1 Å². The molecule has 3 N–H and O–H groups in total. The molecule has 0 aromatic carbocycles. The number of rotatable bonds is 6. The van der Waals surface area contributed by atoms with Gasteiger partial charge in [-0.2, -0.15) is 0 Å². The Balaban J connectivity index is 4.80. The van der Waals surface area contributed by atoms with E-state index in [4.69, 9.17) is 5.11 Å². The molecule has 7 nitrogen and oxygen atoms in total. The third-order valence-corrected chi connectivity index (χ3v) is 3.13. The molecule has 0 heterocycles. The summed E-state index contributed by atoms with van der Waals surface area (Å²) in [5, 5.41) is 11.2. The van der Waals surface area contributed by atoms with E-state index in [-0.39, 0.29) is 6.54 Å². The van der Waals surface area contributed by atoms with Crippen LogP contribution in [0.1, 0.15) is 27.7 Å². The normalized spacial score (nSPS) is 15.6. The Morgan fingerprint density at radius 2 is 1.74 bits per heavy atom. The van der Waals surface area contributed by atoms with E-state index in [1.165, 1.54) is 6.92 Å². The van der Waals surface area contributed by atoms with Crippen LogP contribution in [0.25, 0.3) is 0 Å². The number of hydrogen-bond acceptors (Lipinski definition) is 4. The molecule has 0 aliphatic rings. The summed E-state index contributed by atoms with van der Waals surface area (Å²) < 4.78 is 24.8. The average Bonchev–Trinajstić information content (AvgIpc) is 2.19. The lowest BCUT2D eigenvalue weighted by atomic mass is 9.87. The predicted molar refractivity (Wildman–Crippen MR) is 71.0 cm³/mol. The first kappa shape index (κ1) is 17.8. The lowest BCUT2D eigenvalue weighted by molar-refractivity contribution is -0.141. The second kappa shape index (κ2) is 6.33. The Labute approximate surface area is 113 Å². The number of hydrogen-bond donors (Lipinski definition) is 3. The van der Waals surface area contributed by atoms with Gasteiger partial charge in [-0.3, -0.25) is 9.59 Å². The van der Waals surface area contributed by atoms with Crippen molar-refractivity contribution in [2.45, 2.75) is 33.7 Å². The van der Waals surface area contributed by atoms with Crippen molar-refractivity contribution in [2.24, 2.45) is 11.3 Å². The third kappa shape index (κ3) is 7.12. The molecule has 0 aromatic rings. The highest BCUT2D eigenvalue weighted by atomic mass is 32.2. The van der Waals surface area contributed by atoms with Gasteiger partial charge in [-0.05, 0) is 5.41 Å². The van der Waals surface area contributed by atoms with Crippen molar-refractivity contribution >= 4 is 21.9 Å². The van der Waals surface area contributed by atoms with Gasteiger partial charge in [-0.25, -0.2) is 13.1 Å². The Morgan fingerprint density at radius 1 is 1.26 bits per heavy atom. The molecule has 2 atom stereocenters. The van der Waals surface area contributed by atoms with E-state index in [1.807, 2.05) is 0 Å². The van der Waals surface area contributed by atoms with Gasteiger partial charge >= 0.3 is 5.97 Å². The fraction of sp³-hybridized carbons (Fsp3) is 0.818. The van der Waals surface area contributed by atoms with Crippen LogP contribution in [0.15, 0.2) is 0 Å². The van der Waals surface area contributed by atoms with E-state index in [1.54, 1.807) is 20.8 Å². The van der Waals surface area contributed by atoms with Crippen molar-refractivity contribution in [1.82, 2.24) is 10.0 Å². The van der Waals surface area contributed by atoms with Crippen LogP contribution in [0.2, 0.25) is 0 Å². The average molecular weight is 294 g/mol. The summed E-state index contributed by atoms with van der Waals surface area (Å²) in [5.41, 5.74) is -0.625. The molecule has 0 aliphatic heterocycles. The van der Waals surface area contributed by atoms with E-state index in [0.717, 1.165) is 6.26 Å². The van der Waals surface area contributed by atoms with Crippen LogP contribution < -0.4 is 10.0 Å². The molecule has 112 valence electrons. The van der Waals surface area contributed by atoms with Gasteiger partial charge in [0.05, 0.1) is 12.2 Å². The van der Waals surface area contributed by atoms with E-state index >= 15 is 0 Å². The monoisotopic (exact) mass is 294 g/mol. The molecular formula is C11H22N2O5S. The summed E-state index contributed by atoms with van der Waals surface area (Å²) in [6.07, 6.45) is 0.971. The highest BCUT2D eigenvalue weighted by Gasteiger charge is 2.33. The minimum Gasteiger partial charge on any atom is -0.481 e. The molecule has 8 heteroatoms. The number of carbonyl (C=O) groups is 2. The second-order valence-electron chi connectivity index (χ2n) is 5.67. The summed E-state index contributed by atoms with van der Waals surface area (Å²) in [5.74, 6) is -2.29. The van der Waals surface area contributed by atoms with Crippen LogP contribution in [0.4, 0.5) is 0 Å². The Morgan fingerprint density at radius 3 is 2.05 bits per heavy atom. The van der Waals surface area contributed by atoms with Crippen molar-refractivity contribution in [3.8, 4) is 0 Å². The molecule has 0 rings (SSSR count). The molecule has 0 saturated heterocycles. The van der Waals surface area contributed by atoms with E-state index in [9.17, 15) is 18.0 Å². The first-order valence-electron chi connectivity index (χ1n) is 5.82. The molecule has 0 spiro atoms. The Hall–Kier alpha value is -1.15. The number of aliphatic carboxylic acids is 1. The van der Waals surface area contributed by atoms with Crippen molar-refractivity contribution in [1.29, 1.82) is 0 Å². The van der Waals surface area contributed by atoms with Gasteiger partial charge < -0.3 is 10.4 Å². The summed E-state index contributed by atoms with van der Waals surface area (Å²) in [6, 6.07) is -0.955. The minimum atomic E-state index is -3.53. The number of nitrogens with one attached hydrogen (secondary N) is 2. The maximum atomic E-state index is 12.0. The van der Waals surface area contributed by atoms with Crippen molar-refractivity contribution in [3.63, 3.8) is 0 Å².